The van der Waals surface area contributed by atoms with E-state index in [0.717, 1.165) is 19.3 Å². The minimum absolute atomic E-state index is 0.0644. The summed E-state index contributed by atoms with van der Waals surface area (Å²) in [7, 11) is 0. The molecule has 3 rings (SSSR count). The number of furan rings is 1. The first kappa shape index (κ1) is 16.7. The van der Waals surface area contributed by atoms with Crippen molar-refractivity contribution in [1.82, 2.24) is 4.90 Å². The molecule has 1 aromatic heterocycles. The predicted octanol–water partition coefficient (Wildman–Crippen LogP) is 2.82. The fourth-order valence-electron chi connectivity index (χ4n) is 3.81. The SMILES string of the molecule is Cc1c(C(=O)N2CCCC(CCC(=O)O)C2)oc2c1C(=O)CCC2. The van der Waals surface area contributed by atoms with Crippen molar-refractivity contribution in [2.75, 3.05) is 13.1 Å². The fraction of sp³-hybridized carbons (Fsp3) is 0.611. The van der Waals surface area contributed by atoms with Crippen molar-refractivity contribution in [3.63, 3.8) is 0 Å². The molecule has 1 atom stereocenters. The number of likely N-dealkylation sites (tertiary alicyclic amines) is 1. The lowest BCUT2D eigenvalue weighted by Crippen LogP contribution is -2.40. The average molecular weight is 333 g/mol. The number of aliphatic carboxylic acids is 1. The van der Waals surface area contributed by atoms with Gasteiger partial charge in [-0.25, -0.2) is 0 Å². The molecule has 1 N–H and O–H groups in total. The molecule has 1 aliphatic carbocycles. The summed E-state index contributed by atoms with van der Waals surface area (Å²) in [6.45, 7) is 3.00. The first-order chi connectivity index (χ1) is 11.5. The summed E-state index contributed by atoms with van der Waals surface area (Å²) in [4.78, 5) is 37.4. The highest BCUT2D eigenvalue weighted by Crippen LogP contribution is 2.31. The molecule has 1 fully saturated rings. The number of carbonyl (C=O) groups is 3. The third kappa shape index (κ3) is 3.23. The average Bonchev–Trinajstić information content (AvgIpc) is 2.91. The van der Waals surface area contributed by atoms with E-state index >= 15 is 0 Å². The number of carboxylic acids is 1. The zero-order chi connectivity index (χ0) is 17.3. The predicted molar refractivity (Wildman–Crippen MR) is 86.2 cm³/mol. The van der Waals surface area contributed by atoms with Gasteiger partial charge in [0.25, 0.3) is 5.91 Å². The lowest BCUT2D eigenvalue weighted by molar-refractivity contribution is -0.137. The molecule has 0 spiro atoms. The Balaban J connectivity index is 1.74. The summed E-state index contributed by atoms with van der Waals surface area (Å²) >= 11 is 0. The quantitative estimate of drug-likeness (QED) is 0.915. The summed E-state index contributed by atoms with van der Waals surface area (Å²) in [5.74, 6) is 0.238. The normalized spacial score (nSPS) is 20.8. The number of nitrogens with zero attached hydrogens (tertiary/aromatic N) is 1. The summed E-state index contributed by atoms with van der Waals surface area (Å²) in [5.41, 5.74) is 1.26. The smallest absolute Gasteiger partial charge is 0.303 e. The van der Waals surface area contributed by atoms with Gasteiger partial charge >= 0.3 is 5.97 Å². The number of rotatable bonds is 4. The zero-order valence-electron chi connectivity index (χ0n) is 14.0. The Bertz CT molecular complexity index is 675. The van der Waals surface area contributed by atoms with Crippen molar-refractivity contribution in [3.05, 3.63) is 22.6 Å². The summed E-state index contributed by atoms with van der Waals surface area (Å²) in [5, 5.41) is 8.82. The molecule has 24 heavy (non-hydrogen) atoms. The second kappa shape index (κ2) is 6.79. The van der Waals surface area contributed by atoms with E-state index in [4.69, 9.17) is 9.52 Å². The number of fused-ring (bicyclic) bond motifs is 1. The number of amides is 1. The van der Waals surface area contributed by atoms with Crippen LogP contribution in [0.3, 0.4) is 0 Å². The van der Waals surface area contributed by atoms with Gasteiger partial charge in [-0.1, -0.05) is 0 Å². The van der Waals surface area contributed by atoms with Crippen LogP contribution >= 0.6 is 0 Å². The fourth-order valence-corrected chi connectivity index (χ4v) is 3.81. The molecule has 0 radical (unpaired) electrons. The van der Waals surface area contributed by atoms with Crippen molar-refractivity contribution in [2.45, 2.75) is 51.9 Å². The van der Waals surface area contributed by atoms with E-state index in [2.05, 4.69) is 0 Å². The first-order valence-corrected chi connectivity index (χ1v) is 8.64. The maximum absolute atomic E-state index is 12.8. The molecule has 1 amide bonds. The van der Waals surface area contributed by atoms with Gasteiger partial charge in [-0.2, -0.15) is 0 Å². The van der Waals surface area contributed by atoms with Gasteiger partial charge < -0.3 is 14.4 Å². The van der Waals surface area contributed by atoms with Gasteiger partial charge in [-0.05, 0) is 38.5 Å². The number of carbonyl (C=O) groups excluding carboxylic acids is 2. The summed E-state index contributed by atoms with van der Waals surface area (Å²) in [6, 6.07) is 0. The monoisotopic (exact) mass is 333 g/mol. The lowest BCUT2D eigenvalue weighted by atomic mass is 9.92. The van der Waals surface area contributed by atoms with E-state index < -0.39 is 5.97 Å². The van der Waals surface area contributed by atoms with Crippen LogP contribution in [0, 0.1) is 12.8 Å². The Morgan fingerprint density at radius 1 is 1.29 bits per heavy atom. The Morgan fingerprint density at radius 2 is 2.08 bits per heavy atom. The summed E-state index contributed by atoms with van der Waals surface area (Å²) < 4.78 is 5.75. The largest absolute Gasteiger partial charge is 0.481 e. The molecule has 0 aromatic carbocycles. The minimum atomic E-state index is -0.800. The molecule has 1 aromatic rings. The van der Waals surface area contributed by atoms with Gasteiger partial charge in [-0.15, -0.1) is 0 Å². The van der Waals surface area contributed by atoms with E-state index in [9.17, 15) is 14.4 Å². The highest BCUT2D eigenvalue weighted by atomic mass is 16.4. The maximum Gasteiger partial charge on any atom is 0.303 e. The maximum atomic E-state index is 12.8. The molecule has 1 unspecified atom stereocenters. The Labute approximate surface area is 140 Å². The zero-order valence-corrected chi connectivity index (χ0v) is 14.0. The highest BCUT2D eigenvalue weighted by molar-refractivity contribution is 6.03. The Kier molecular flexibility index (Phi) is 4.73. The molecule has 1 aliphatic heterocycles. The van der Waals surface area contributed by atoms with Crippen LogP contribution in [0.2, 0.25) is 0 Å². The number of piperidine rings is 1. The van der Waals surface area contributed by atoms with Crippen LogP contribution in [0.1, 0.15) is 70.8 Å². The molecular weight excluding hydrogens is 310 g/mol. The molecule has 0 bridgehead atoms. The standard InChI is InChI=1S/C18H23NO5/c1-11-16-13(20)5-2-6-14(16)24-17(11)18(23)19-9-3-4-12(10-19)7-8-15(21)22/h12H,2-10H2,1H3,(H,21,22). The number of carboxylic acid groups (broad SMARTS) is 1. The number of aryl methyl sites for hydroxylation is 1. The highest BCUT2D eigenvalue weighted by Gasteiger charge is 2.32. The summed E-state index contributed by atoms with van der Waals surface area (Å²) in [6.07, 6.45) is 4.53. The second-order valence-electron chi connectivity index (χ2n) is 6.82. The number of Topliss-reactive ketones (excluding diaryl/α,β-unsaturated/α-hetero) is 1. The molecule has 1 saturated heterocycles. The third-order valence-electron chi connectivity index (χ3n) is 5.07. The topological polar surface area (TPSA) is 87.8 Å². The van der Waals surface area contributed by atoms with E-state index in [-0.39, 0.29) is 29.8 Å². The number of ketones is 1. The second-order valence-corrected chi connectivity index (χ2v) is 6.82. The van der Waals surface area contributed by atoms with Crippen LogP contribution < -0.4 is 0 Å². The molecule has 6 nitrogen and oxygen atoms in total. The van der Waals surface area contributed by atoms with Crippen LogP contribution in [0.25, 0.3) is 0 Å². The molecule has 130 valence electrons. The molecular formula is C18H23NO5. The van der Waals surface area contributed by atoms with Gasteiger partial charge in [0, 0.05) is 37.9 Å². The molecule has 0 saturated carbocycles. The molecule has 6 heteroatoms. The third-order valence-corrected chi connectivity index (χ3v) is 5.07. The first-order valence-electron chi connectivity index (χ1n) is 8.64. The van der Waals surface area contributed by atoms with Crippen LogP contribution in [-0.2, 0) is 11.2 Å². The van der Waals surface area contributed by atoms with E-state index in [0.29, 0.717) is 49.2 Å². The molecule has 2 aliphatic rings. The lowest BCUT2D eigenvalue weighted by Gasteiger charge is -2.32. The van der Waals surface area contributed by atoms with Crippen LogP contribution in [0.15, 0.2) is 4.42 Å². The van der Waals surface area contributed by atoms with Gasteiger partial charge in [0.2, 0.25) is 0 Å². The van der Waals surface area contributed by atoms with Crippen molar-refractivity contribution < 1.29 is 23.9 Å². The number of hydrogen-bond donors (Lipinski definition) is 1. The van der Waals surface area contributed by atoms with Crippen molar-refractivity contribution in [3.8, 4) is 0 Å². The molecule has 2 heterocycles. The van der Waals surface area contributed by atoms with Crippen molar-refractivity contribution >= 4 is 17.7 Å². The van der Waals surface area contributed by atoms with E-state index in [1.807, 2.05) is 0 Å². The van der Waals surface area contributed by atoms with Gasteiger partial charge in [-0.3, -0.25) is 14.4 Å². The van der Waals surface area contributed by atoms with Gasteiger partial charge in [0.05, 0.1) is 5.56 Å². The van der Waals surface area contributed by atoms with E-state index in [1.54, 1.807) is 11.8 Å². The van der Waals surface area contributed by atoms with Crippen LogP contribution in [0.5, 0.6) is 0 Å². The van der Waals surface area contributed by atoms with Crippen molar-refractivity contribution in [2.24, 2.45) is 5.92 Å². The van der Waals surface area contributed by atoms with Crippen LogP contribution in [0.4, 0.5) is 0 Å². The van der Waals surface area contributed by atoms with E-state index in [1.165, 1.54) is 0 Å². The number of hydrogen-bond acceptors (Lipinski definition) is 4. The van der Waals surface area contributed by atoms with Crippen LogP contribution in [-0.4, -0.2) is 40.8 Å². The Morgan fingerprint density at radius 3 is 2.79 bits per heavy atom. The van der Waals surface area contributed by atoms with Gasteiger partial charge in [0.15, 0.2) is 11.5 Å². The van der Waals surface area contributed by atoms with Gasteiger partial charge in [0.1, 0.15) is 5.76 Å². The van der Waals surface area contributed by atoms with Crippen molar-refractivity contribution in [1.29, 1.82) is 0 Å². The minimum Gasteiger partial charge on any atom is -0.481 e. The Hall–Kier alpha value is -2.11.